The van der Waals surface area contributed by atoms with Crippen LogP contribution in [-0.4, -0.2) is 23.1 Å². The summed E-state index contributed by atoms with van der Waals surface area (Å²) in [7, 11) is 0. The predicted molar refractivity (Wildman–Crippen MR) is 13.1 cm³/mol. The maximum atomic E-state index is 0. The number of hydrogen-bond acceptors (Lipinski definition) is 0. The average Bonchev–Trinajstić information content (AvgIpc) is 0. The Bertz CT molecular complexity index is 8.00. The molecule has 4 heteroatoms. The van der Waals surface area contributed by atoms with Crippen LogP contribution in [0, 0.1) is 0 Å². The summed E-state index contributed by atoms with van der Waals surface area (Å²) in [4.78, 5) is 0. The van der Waals surface area contributed by atoms with Crippen LogP contribution in [0.3, 0.4) is 0 Å². The zero-order valence-electron chi connectivity index (χ0n) is 2.20. The van der Waals surface area contributed by atoms with Crippen molar-refractivity contribution >= 4 is 36.5 Å². The average molecular weight is 141 g/mol. The third-order valence-corrected chi connectivity index (χ3v) is 0. The molecule has 0 aromatic carbocycles. The fraction of sp³-hybridized carbons (Fsp3) is 0. The third kappa shape index (κ3) is 9.38. The zero-order valence-corrected chi connectivity index (χ0v) is 7.40. The summed E-state index contributed by atoms with van der Waals surface area (Å²) in [6, 6.07) is 0. The molecule has 4 heavy (non-hydrogen) atoms. The van der Waals surface area contributed by atoms with Gasteiger partial charge in [-0.05, 0) is 0 Å². The molecule has 0 aliphatic rings. The Hall–Kier alpha value is 1.67. The normalized spacial score (nSPS) is 0. The van der Waals surface area contributed by atoms with Crippen molar-refractivity contribution in [1.29, 1.82) is 0 Å². The minimum Gasteiger partial charge on any atom is -2.00 e. The number of hydrogen-bond donors (Lipinski definition) is 0. The first-order chi connectivity index (χ1) is 0. The summed E-state index contributed by atoms with van der Waals surface area (Å²) in [5.74, 6) is 0. The molecule has 0 aromatic heterocycles. The van der Waals surface area contributed by atoms with Crippen molar-refractivity contribution in [2.24, 2.45) is 0 Å². The van der Waals surface area contributed by atoms with E-state index in [1.165, 1.54) is 0 Å². The summed E-state index contributed by atoms with van der Waals surface area (Å²) >= 11 is 0. The zero-order chi connectivity index (χ0) is 0. The van der Waals surface area contributed by atoms with Gasteiger partial charge in [-0.25, -0.2) is 0 Å². The van der Waals surface area contributed by atoms with Gasteiger partial charge in [0.25, 0.3) is 0 Å². The molecule has 0 aliphatic heterocycles. The first-order valence-electron chi connectivity index (χ1n) is 0. The maximum absolute atomic E-state index is 0. The molecule has 0 amide bonds. The standard InChI is InChI=1S/FH.Mg.S.Zn/h1H;;;/q;+2;-2;+2/p-1. The molecule has 0 heterocycles. The quantitative estimate of drug-likeness (QED) is 0.308. The van der Waals surface area contributed by atoms with E-state index in [0.29, 0.717) is 0 Å². The maximum Gasteiger partial charge on any atom is 2.00 e. The van der Waals surface area contributed by atoms with Crippen LogP contribution in [0.1, 0.15) is 0 Å². The molecular weight excluding hydrogens is 141 g/mol. The Kier molecular flexibility index (Phi) is 250. The van der Waals surface area contributed by atoms with Crippen molar-refractivity contribution in [1.82, 2.24) is 0 Å². The van der Waals surface area contributed by atoms with Gasteiger partial charge in [-0.2, -0.15) is 0 Å². The molecule has 0 rings (SSSR count). The molecule has 0 spiro atoms. The Labute approximate surface area is 60.4 Å². The van der Waals surface area contributed by atoms with E-state index in [9.17, 15) is 0 Å². The van der Waals surface area contributed by atoms with Crippen molar-refractivity contribution in [2.75, 3.05) is 0 Å². The van der Waals surface area contributed by atoms with E-state index < -0.39 is 0 Å². The van der Waals surface area contributed by atoms with Crippen LogP contribution in [0.25, 0.3) is 0 Å². The van der Waals surface area contributed by atoms with E-state index in [0.717, 1.165) is 0 Å². The molecule has 0 saturated heterocycles. The fourth-order valence-corrected chi connectivity index (χ4v) is 0. The first kappa shape index (κ1) is 44.3. The smallest absolute Gasteiger partial charge is 2.00 e. The van der Waals surface area contributed by atoms with E-state index in [1.54, 1.807) is 0 Å². The molecule has 0 nitrogen and oxygen atoms in total. The van der Waals surface area contributed by atoms with Gasteiger partial charge >= 0.3 is 42.5 Å². The van der Waals surface area contributed by atoms with E-state index in [-0.39, 0.29) is 60.7 Å². The van der Waals surface area contributed by atoms with Crippen LogP contribution in [-0.2, 0) is 33.0 Å². The van der Waals surface area contributed by atoms with Gasteiger partial charge in [0.2, 0.25) is 0 Å². The molecule has 0 unspecified atom stereocenters. The SMILES string of the molecule is [F-].[Mg+2].[S-2].[Zn+2]. The molecule has 0 atom stereocenters. The molecule has 0 radical (unpaired) electrons. The molecule has 16 valence electrons. The summed E-state index contributed by atoms with van der Waals surface area (Å²) in [6.07, 6.45) is 0. The van der Waals surface area contributed by atoms with Crippen LogP contribution in [0.2, 0.25) is 0 Å². The number of halogens is 1. The van der Waals surface area contributed by atoms with Gasteiger partial charge in [-0.3, -0.25) is 0 Å². The molecule has 0 aromatic rings. The van der Waals surface area contributed by atoms with Gasteiger partial charge in [-0.15, -0.1) is 0 Å². The Balaban J connectivity index is 0. The second-order valence-electron chi connectivity index (χ2n) is 0. The van der Waals surface area contributed by atoms with Crippen LogP contribution in [0.4, 0.5) is 0 Å². The summed E-state index contributed by atoms with van der Waals surface area (Å²) < 4.78 is 0. The van der Waals surface area contributed by atoms with E-state index >= 15 is 0 Å². The minimum atomic E-state index is 0. The van der Waals surface area contributed by atoms with Crippen molar-refractivity contribution in [2.45, 2.75) is 0 Å². The van der Waals surface area contributed by atoms with E-state index in [4.69, 9.17) is 0 Å². The topological polar surface area (TPSA) is 0 Å². The molecular formula is FMgSZn+. The summed E-state index contributed by atoms with van der Waals surface area (Å²) in [5, 5.41) is 0. The van der Waals surface area contributed by atoms with Gasteiger partial charge < -0.3 is 18.2 Å². The summed E-state index contributed by atoms with van der Waals surface area (Å²) in [5.41, 5.74) is 0. The molecule has 0 N–H and O–H groups in total. The van der Waals surface area contributed by atoms with Crippen LogP contribution in [0.5, 0.6) is 0 Å². The fourth-order valence-electron chi connectivity index (χ4n) is 0. The Morgan fingerprint density at radius 1 is 1.00 bits per heavy atom. The van der Waals surface area contributed by atoms with E-state index in [2.05, 4.69) is 0 Å². The van der Waals surface area contributed by atoms with Gasteiger partial charge in [0.05, 0.1) is 0 Å². The van der Waals surface area contributed by atoms with Crippen molar-refractivity contribution < 1.29 is 24.2 Å². The Morgan fingerprint density at radius 3 is 1.00 bits per heavy atom. The molecule has 0 fully saturated rings. The van der Waals surface area contributed by atoms with Crippen LogP contribution in [0.15, 0.2) is 0 Å². The molecule has 0 saturated carbocycles. The second-order valence-corrected chi connectivity index (χ2v) is 0. The van der Waals surface area contributed by atoms with Gasteiger partial charge in [-0.1, -0.05) is 0 Å². The molecule has 0 bridgehead atoms. The van der Waals surface area contributed by atoms with Crippen LogP contribution < -0.4 is 4.70 Å². The van der Waals surface area contributed by atoms with Gasteiger partial charge in [0, 0.05) is 0 Å². The molecule has 0 aliphatic carbocycles. The second kappa shape index (κ2) is 22.6. The monoisotopic (exact) mass is 139 g/mol. The van der Waals surface area contributed by atoms with Crippen molar-refractivity contribution in [3.05, 3.63) is 0 Å². The van der Waals surface area contributed by atoms with Crippen molar-refractivity contribution in [3.63, 3.8) is 0 Å². The third-order valence-electron chi connectivity index (χ3n) is 0. The van der Waals surface area contributed by atoms with Crippen molar-refractivity contribution in [3.8, 4) is 0 Å². The Morgan fingerprint density at radius 2 is 1.00 bits per heavy atom. The van der Waals surface area contributed by atoms with Gasteiger partial charge in [0.15, 0.2) is 0 Å². The van der Waals surface area contributed by atoms with Crippen LogP contribution >= 0.6 is 0 Å². The largest absolute Gasteiger partial charge is 2.00 e. The minimum absolute atomic E-state index is 0. The number of rotatable bonds is 0. The summed E-state index contributed by atoms with van der Waals surface area (Å²) in [6.45, 7) is 0. The predicted octanol–water partition coefficient (Wildman–Crippen LogP) is -3.38. The van der Waals surface area contributed by atoms with Gasteiger partial charge in [0.1, 0.15) is 0 Å². The van der Waals surface area contributed by atoms with E-state index in [1.807, 2.05) is 0 Å². The first-order valence-corrected chi connectivity index (χ1v) is 0.